The van der Waals surface area contributed by atoms with Gasteiger partial charge in [-0.2, -0.15) is 5.26 Å². The maximum absolute atomic E-state index is 9.96. The molecule has 0 spiro atoms. The van der Waals surface area contributed by atoms with Crippen molar-refractivity contribution in [1.29, 1.82) is 5.26 Å². The monoisotopic (exact) mass is 364 g/mol. The van der Waals surface area contributed by atoms with E-state index in [2.05, 4.69) is 18.3 Å². The Bertz CT molecular complexity index is 827. The first-order chi connectivity index (χ1) is 13.1. The van der Waals surface area contributed by atoms with Crippen LogP contribution in [0.1, 0.15) is 30.5 Å². The van der Waals surface area contributed by atoms with Crippen molar-refractivity contribution in [2.24, 2.45) is 0 Å². The molecule has 0 heterocycles. The zero-order chi connectivity index (χ0) is 19.6. The quantitative estimate of drug-likeness (QED) is 0.530. The van der Waals surface area contributed by atoms with Crippen LogP contribution in [0.5, 0.6) is 17.2 Å². The normalized spacial score (nSPS) is 12.4. The zero-order valence-electron chi connectivity index (χ0n) is 15.8. The zero-order valence-corrected chi connectivity index (χ0v) is 15.8. The fourth-order valence-electron chi connectivity index (χ4n) is 2.68. The minimum Gasteiger partial charge on any atom is -0.502 e. The van der Waals surface area contributed by atoms with Crippen molar-refractivity contribution in [3.05, 3.63) is 71.4 Å². The first-order valence-electron chi connectivity index (χ1n) is 8.67. The number of methoxy groups -OCH3 is 2. The van der Waals surface area contributed by atoms with Crippen molar-refractivity contribution in [2.75, 3.05) is 14.2 Å². The largest absolute Gasteiger partial charge is 0.502 e. The van der Waals surface area contributed by atoms with Gasteiger partial charge in [0.1, 0.15) is 11.8 Å². The summed E-state index contributed by atoms with van der Waals surface area (Å²) in [5, 5.41) is 22.7. The van der Waals surface area contributed by atoms with E-state index in [1.165, 1.54) is 14.2 Å². The number of allylic oxidation sites excluding steroid dienone is 3. The molecule has 0 bridgehead atoms. The Balaban J connectivity index is 2.18. The Hall–Kier alpha value is -3.39. The second-order valence-corrected chi connectivity index (χ2v) is 5.84. The standard InChI is InChI=1S/C22H24N2O3/c1-4-19(17-10-6-5-7-11-17)24-18(15-23)12-8-9-16-13-20(26-2)22(25)21(14-16)27-3/h5-14,19,24-25H,4H2,1-3H3. The Labute approximate surface area is 160 Å². The van der Waals surface area contributed by atoms with Crippen LogP contribution in [-0.4, -0.2) is 19.3 Å². The van der Waals surface area contributed by atoms with Crippen LogP contribution in [0.4, 0.5) is 0 Å². The second kappa shape index (κ2) is 9.93. The fraction of sp³-hybridized carbons (Fsp3) is 0.227. The Morgan fingerprint density at radius 3 is 2.33 bits per heavy atom. The van der Waals surface area contributed by atoms with Crippen molar-refractivity contribution < 1.29 is 14.6 Å². The minimum absolute atomic E-state index is 0.0410. The first-order valence-corrected chi connectivity index (χ1v) is 8.67. The van der Waals surface area contributed by atoms with E-state index in [0.29, 0.717) is 17.2 Å². The Morgan fingerprint density at radius 2 is 1.81 bits per heavy atom. The molecule has 0 saturated carbocycles. The molecule has 2 aromatic carbocycles. The lowest BCUT2D eigenvalue weighted by atomic mass is 10.0. The molecular weight excluding hydrogens is 340 g/mol. The van der Waals surface area contributed by atoms with Gasteiger partial charge in [-0.15, -0.1) is 0 Å². The molecule has 2 aromatic rings. The summed E-state index contributed by atoms with van der Waals surface area (Å²) in [6.45, 7) is 2.07. The van der Waals surface area contributed by atoms with E-state index >= 15 is 0 Å². The molecule has 0 fully saturated rings. The van der Waals surface area contributed by atoms with E-state index in [1.54, 1.807) is 24.3 Å². The van der Waals surface area contributed by atoms with Gasteiger partial charge in [0.15, 0.2) is 11.5 Å². The highest BCUT2D eigenvalue weighted by molar-refractivity contribution is 5.62. The number of benzene rings is 2. The highest BCUT2D eigenvalue weighted by atomic mass is 16.5. The molecule has 0 aliphatic rings. The van der Waals surface area contributed by atoms with Gasteiger partial charge in [0, 0.05) is 0 Å². The van der Waals surface area contributed by atoms with Crippen LogP contribution >= 0.6 is 0 Å². The maximum atomic E-state index is 9.96. The summed E-state index contributed by atoms with van der Waals surface area (Å²) in [4.78, 5) is 0. The molecule has 27 heavy (non-hydrogen) atoms. The van der Waals surface area contributed by atoms with Gasteiger partial charge >= 0.3 is 0 Å². The molecule has 5 nitrogen and oxygen atoms in total. The number of aromatic hydroxyl groups is 1. The summed E-state index contributed by atoms with van der Waals surface area (Å²) in [5.41, 5.74) is 2.39. The number of ether oxygens (including phenoxy) is 2. The van der Waals surface area contributed by atoms with Crippen molar-refractivity contribution in [1.82, 2.24) is 5.32 Å². The number of rotatable bonds is 8. The summed E-state index contributed by atoms with van der Waals surface area (Å²) >= 11 is 0. The molecule has 0 aliphatic heterocycles. The topological polar surface area (TPSA) is 74.5 Å². The highest BCUT2D eigenvalue weighted by Crippen LogP contribution is 2.37. The van der Waals surface area contributed by atoms with E-state index in [0.717, 1.165) is 17.5 Å². The summed E-state index contributed by atoms with van der Waals surface area (Å²) in [7, 11) is 2.96. The molecule has 0 saturated heterocycles. The van der Waals surface area contributed by atoms with Crippen molar-refractivity contribution in [2.45, 2.75) is 19.4 Å². The van der Waals surface area contributed by atoms with Gasteiger partial charge in [-0.25, -0.2) is 0 Å². The Kier molecular flexibility index (Phi) is 7.33. The molecule has 140 valence electrons. The van der Waals surface area contributed by atoms with Crippen molar-refractivity contribution in [3.63, 3.8) is 0 Å². The number of hydrogen-bond donors (Lipinski definition) is 2. The highest BCUT2D eigenvalue weighted by Gasteiger charge is 2.10. The van der Waals surface area contributed by atoms with Crippen LogP contribution in [0.15, 0.2) is 60.3 Å². The summed E-state index contributed by atoms with van der Waals surface area (Å²) in [6, 6.07) is 15.7. The third kappa shape index (κ3) is 5.29. The lowest BCUT2D eigenvalue weighted by Crippen LogP contribution is -2.19. The number of phenolic OH excluding ortho intramolecular Hbond substituents is 1. The van der Waals surface area contributed by atoms with E-state index in [4.69, 9.17) is 9.47 Å². The van der Waals surface area contributed by atoms with Crippen molar-refractivity contribution >= 4 is 6.08 Å². The first kappa shape index (κ1) is 19.9. The van der Waals surface area contributed by atoms with E-state index in [-0.39, 0.29) is 11.8 Å². The average Bonchev–Trinajstić information content (AvgIpc) is 2.72. The van der Waals surface area contributed by atoms with Gasteiger partial charge in [-0.3, -0.25) is 0 Å². The lowest BCUT2D eigenvalue weighted by Gasteiger charge is -2.17. The third-order valence-corrected chi connectivity index (χ3v) is 4.11. The molecule has 1 unspecified atom stereocenters. The number of nitrogens with zero attached hydrogens (tertiary/aromatic N) is 1. The van der Waals surface area contributed by atoms with Gasteiger partial charge < -0.3 is 19.9 Å². The third-order valence-electron chi connectivity index (χ3n) is 4.11. The van der Waals surface area contributed by atoms with Crippen molar-refractivity contribution in [3.8, 4) is 23.3 Å². The molecule has 5 heteroatoms. The number of hydrogen-bond acceptors (Lipinski definition) is 5. The molecular formula is C22H24N2O3. The van der Waals surface area contributed by atoms with Gasteiger partial charge in [0.2, 0.25) is 5.75 Å². The molecule has 0 amide bonds. The van der Waals surface area contributed by atoms with Crippen LogP contribution in [0.2, 0.25) is 0 Å². The van der Waals surface area contributed by atoms with Crippen LogP contribution in [0.3, 0.4) is 0 Å². The summed E-state index contributed by atoms with van der Waals surface area (Å²) in [6.07, 6.45) is 6.16. The predicted octanol–water partition coefficient (Wildman–Crippen LogP) is 4.57. The fourth-order valence-corrected chi connectivity index (χ4v) is 2.68. The van der Waals surface area contributed by atoms with Crippen LogP contribution in [0.25, 0.3) is 6.08 Å². The van der Waals surface area contributed by atoms with Gasteiger partial charge in [-0.05, 0) is 35.8 Å². The van der Waals surface area contributed by atoms with Gasteiger partial charge in [0.25, 0.3) is 0 Å². The summed E-state index contributed by atoms with van der Waals surface area (Å²) in [5.74, 6) is 0.610. The Morgan fingerprint density at radius 1 is 1.19 bits per heavy atom. The number of phenols is 1. The number of nitriles is 1. The van der Waals surface area contributed by atoms with Crippen LogP contribution in [-0.2, 0) is 0 Å². The smallest absolute Gasteiger partial charge is 0.200 e. The van der Waals surface area contributed by atoms with Gasteiger partial charge in [-0.1, -0.05) is 49.4 Å². The predicted molar refractivity (Wildman–Crippen MR) is 107 cm³/mol. The summed E-state index contributed by atoms with van der Waals surface area (Å²) < 4.78 is 10.3. The molecule has 2 N–H and O–H groups in total. The average molecular weight is 364 g/mol. The molecule has 1 atom stereocenters. The SMILES string of the molecule is CCC(NC(C#N)=CC=Cc1cc(OC)c(O)c(OC)c1)c1ccccc1. The molecule has 0 aliphatic carbocycles. The lowest BCUT2D eigenvalue weighted by molar-refractivity contribution is 0.340. The minimum atomic E-state index is -0.0410. The maximum Gasteiger partial charge on any atom is 0.200 e. The molecule has 0 radical (unpaired) electrons. The molecule has 0 aromatic heterocycles. The number of nitrogens with one attached hydrogen (secondary N) is 1. The van der Waals surface area contributed by atoms with E-state index < -0.39 is 0 Å². The van der Waals surface area contributed by atoms with Crippen LogP contribution in [0, 0.1) is 11.3 Å². The van der Waals surface area contributed by atoms with Crippen LogP contribution < -0.4 is 14.8 Å². The van der Waals surface area contributed by atoms with E-state index in [1.807, 2.05) is 36.4 Å². The molecule has 2 rings (SSSR count). The van der Waals surface area contributed by atoms with E-state index in [9.17, 15) is 10.4 Å². The second-order valence-electron chi connectivity index (χ2n) is 5.84. The van der Waals surface area contributed by atoms with Gasteiger partial charge in [0.05, 0.1) is 20.3 Å².